The molecule has 1 aromatic carbocycles. The number of fused-ring (bicyclic) bond motifs is 1. The summed E-state index contributed by atoms with van der Waals surface area (Å²) in [4.78, 5) is 11.7. The molecule has 5 heteroatoms. The lowest BCUT2D eigenvalue weighted by molar-refractivity contribution is -0.123. The van der Waals surface area contributed by atoms with Crippen LogP contribution < -0.4 is 5.32 Å². The van der Waals surface area contributed by atoms with Gasteiger partial charge in [0.2, 0.25) is 0 Å². The van der Waals surface area contributed by atoms with Crippen molar-refractivity contribution < 1.29 is 14.3 Å². The van der Waals surface area contributed by atoms with E-state index in [1.165, 1.54) is 17.8 Å². The Hall–Kier alpha value is -1.07. The molecule has 2 rings (SSSR count). The molecular weight excluding hydrogens is 229 g/mol. The fraction of sp³-hybridized carbons (Fsp3) is 0.364. The maximum Gasteiger partial charge on any atom is 0.257 e. The van der Waals surface area contributed by atoms with Crippen LogP contribution in [0.2, 0.25) is 0 Å². The summed E-state index contributed by atoms with van der Waals surface area (Å²) in [5.41, 5.74) is 0.817. The molecule has 1 aromatic rings. The van der Waals surface area contributed by atoms with E-state index in [0.717, 1.165) is 0 Å². The minimum absolute atomic E-state index is 0.259. The number of amides is 1. The van der Waals surface area contributed by atoms with Gasteiger partial charge in [0.05, 0.1) is 0 Å². The van der Waals surface area contributed by atoms with E-state index in [2.05, 4.69) is 5.32 Å². The Bertz CT molecular complexity index is 448. The SMILES string of the molecule is CC(C)Sc1cc2c(cc1F)C(O)C(=O)N2. The van der Waals surface area contributed by atoms with Gasteiger partial charge in [-0.3, -0.25) is 4.79 Å². The number of anilines is 1. The molecule has 0 saturated heterocycles. The molecule has 0 bridgehead atoms. The number of rotatable bonds is 2. The van der Waals surface area contributed by atoms with Crippen molar-refractivity contribution in [3.8, 4) is 0 Å². The second-order valence-corrected chi connectivity index (χ2v) is 5.55. The fourth-order valence-electron chi connectivity index (χ4n) is 1.59. The highest BCUT2D eigenvalue weighted by molar-refractivity contribution is 7.99. The Morgan fingerprint density at radius 1 is 1.50 bits per heavy atom. The number of benzene rings is 1. The smallest absolute Gasteiger partial charge is 0.257 e. The van der Waals surface area contributed by atoms with Crippen LogP contribution in [0.4, 0.5) is 10.1 Å². The topological polar surface area (TPSA) is 49.3 Å². The summed E-state index contributed by atoms with van der Waals surface area (Å²) in [6.45, 7) is 3.93. The predicted octanol–water partition coefficient (Wildman–Crippen LogP) is 2.31. The lowest BCUT2D eigenvalue weighted by Gasteiger charge is -2.08. The zero-order valence-electron chi connectivity index (χ0n) is 8.95. The van der Waals surface area contributed by atoms with E-state index in [-0.39, 0.29) is 5.25 Å². The van der Waals surface area contributed by atoms with Crippen molar-refractivity contribution >= 4 is 23.4 Å². The average molecular weight is 241 g/mol. The number of carbonyl (C=O) groups excluding carboxylic acids is 1. The summed E-state index contributed by atoms with van der Waals surface area (Å²) >= 11 is 1.39. The molecule has 2 N–H and O–H groups in total. The van der Waals surface area contributed by atoms with Gasteiger partial charge in [0, 0.05) is 21.4 Å². The summed E-state index contributed by atoms with van der Waals surface area (Å²) < 4.78 is 13.6. The number of aliphatic hydroxyl groups excluding tert-OH is 1. The Kier molecular flexibility index (Phi) is 2.90. The first-order valence-electron chi connectivity index (χ1n) is 4.98. The Balaban J connectivity index is 2.40. The highest BCUT2D eigenvalue weighted by atomic mass is 32.2. The van der Waals surface area contributed by atoms with Gasteiger partial charge in [-0.2, -0.15) is 0 Å². The van der Waals surface area contributed by atoms with Gasteiger partial charge in [-0.05, 0) is 12.1 Å². The Morgan fingerprint density at radius 3 is 2.81 bits per heavy atom. The molecule has 0 fully saturated rings. The molecule has 0 aliphatic carbocycles. The second kappa shape index (κ2) is 4.07. The molecule has 0 spiro atoms. The maximum absolute atomic E-state index is 13.6. The molecule has 16 heavy (non-hydrogen) atoms. The standard InChI is InChI=1S/C11H12FNO2S/c1-5(2)16-9-4-8-6(3-7(9)12)10(14)11(15)13-8/h3-5,10,14H,1-2H3,(H,13,15). The first-order valence-corrected chi connectivity index (χ1v) is 5.86. The van der Waals surface area contributed by atoms with Crippen LogP contribution in [0.1, 0.15) is 25.5 Å². The number of nitrogens with one attached hydrogen (secondary N) is 1. The van der Waals surface area contributed by atoms with Crippen LogP contribution in [0.3, 0.4) is 0 Å². The van der Waals surface area contributed by atoms with Crippen LogP contribution >= 0.6 is 11.8 Å². The normalized spacial score (nSPS) is 18.8. The molecule has 0 radical (unpaired) electrons. The van der Waals surface area contributed by atoms with E-state index >= 15 is 0 Å². The number of carbonyl (C=O) groups is 1. The lowest BCUT2D eigenvalue weighted by Crippen LogP contribution is -2.10. The van der Waals surface area contributed by atoms with Crippen LogP contribution in [-0.2, 0) is 4.79 Å². The van der Waals surface area contributed by atoms with Crippen LogP contribution in [0, 0.1) is 5.82 Å². The minimum Gasteiger partial charge on any atom is -0.378 e. The molecule has 1 amide bonds. The third kappa shape index (κ3) is 1.92. The van der Waals surface area contributed by atoms with Crippen molar-refractivity contribution in [2.45, 2.75) is 30.1 Å². The van der Waals surface area contributed by atoms with Gasteiger partial charge in [0.15, 0.2) is 6.10 Å². The zero-order chi connectivity index (χ0) is 11.9. The zero-order valence-corrected chi connectivity index (χ0v) is 9.77. The maximum atomic E-state index is 13.6. The molecule has 0 saturated carbocycles. The minimum atomic E-state index is -1.25. The highest BCUT2D eigenvalue weighted by Gasteiger charge is 2.29. The average Bonchev–Trinajstić information content (AvgIpc) is 2.44. The van der Waals surface area contributed by atoms with E-state index in [0.29, 0.717) is 16.1 Å². The third-order valence-corrected chi connectivity index (χ3v) is 3.31. The number of hydrogen-bond acceptors (Lipinski definition) is 3. The van der Waals surface area contributed by atoms with Gasteiger partial charge >= 0.3 is 0 Å². The summed E-state index contributed by atoms with van der Waals surface area (Å²) in [6, 6.07) is 2.80. The van der Waals surface area contributed by atoms with Gasteiger partial charge in [-0.15, -0.1) is 11.8 Å². The Labute approximate surface area is 97.0 Å². The van der Waals surface area contributed by atoms with Crippen molar-refractivity contribution in [1.82, 2.24) is 0 Å². The predicted molar refractivity (Wildman–Crippen MR) is 61.0 cm³/mol. The first kappa shape index (κ1) is 11.4. The highest BCUT2D eigenvalue weighted by Crippen LogP contribution is 2.36. The molecule has 1 heterocycles. The van der Waals surface area contributed by atoms with Crippen LogP contribution in [0.15, 0.2) is 17.0 Å². The van der Waals surface area contributed by atoms with Crippen LogP contribution in [-0.4, -0.2) is 16.3 Å². The molecule has 0 aromatic heterocycles. The molecular formula is C11H12FNO2S. The summed E-state index contributed by atoms with van der Waals surface area (Å²) in [5.74, 6) is -0.894. The first-order chi connectivity index (χ1) is 7.49. The van der Waals surface area contributed by atoms with Crippen LogP contribution in [0.5, 0.6) is 0 Å². The molecule has 3 nitrogen and oxygen atoms in total. The molecule has 1 unspecified atom stereocenters. The van der Waals surface area contributed by atoms with Crippen molar-refractivity contribution in [2.24, 2.45) is 0 Å². The van der Waals surface area contributed by atoms with Gasteiger partial charge in [-0.25, -0.2) is 4.39 Å². The molecule has 1 aliphatic heterocycles. The number of hydrogen-bond donors (Lipinski definition) is 2. The quantitative estimate of drug-likeness (QED) is 0.781. The van der Waals surface area contributed by atoms with Crippen molar-refractivity contribution in [3.05, 3.63) is 23.5 Å². The number of halogens is 1. The lowest BCUT2D eigenvalue weighted by atomic mass is 10.1. The molecule has 1 aliphatic rings. The molecule has 1 atom stereocenters. The van der Waals surface area contributed by atoms with Gasteiger partial charge in [0.1, 0.15) is 5.82 Å². The summed E-state index contributed by atoms with van der Waals surface area (Å²) in [7, 11) is 0. The van der Waals surface area contributed by atoms with E-state index in [1.807, 2.05) is 13.8 Å². The van der Waals surface area contributed by atoms with Gasteiger partial charge in [0.25, 0.3) is 5.91 Å². The van der Waals surface area contributed by atoms with E-state index in [9.17, 15) is 14.3 Å². The van der Waals surface area contributed by atoms with Crippen molar-refractivity contribution in [1.29, 1.82) is 0 Å². The number of thioether (sulfide) groups is 1. The van der Waals surface area contributed by atoms with Crippen LogP contribution in [0.25, 0.3) is 0 Å². The summed E-state index contributed by atoms with van der Waals surface area (Å²) in [5, 5.41) is 12.2. The van der Waals surface area contributed by atoms with E-state index in [4.69, 9.17) is 0 Å². The van der Waals surface area contributed by atoms with Crippen molar-refractivity contribution in [2.75, 3.05) is 5.32 Å². The molecule has 86 valence electrons. The van der Waals surface area contributed by atoms with E-state index in [1.54, 1.807) is 6.07 Å². The van der Waals surface area contributed by atoms with Crippen molar-refractivity contribution in [3.63, 3.8) is 0 Å². The fourth-order valence-corrected chi connectivity index (χ4v) is 2.46. The largest absolute Gasteiger partial charge is 0.378 e. The second-order valence-electron chi connectivity index (χ2n) is 3.93. The number of aliphatic hydroxyl groups is 1. The summed E-state index contributed by atoms with van der Waals surface area (Å²) in [6.07, 6.45) is -1.25. The Morgan fingerprint density at radius 2 is 2.19 bits per heavy atom. The van der Waals surface area contributed by atoms with Gasteiger partial charge < -0.3 is 10.4 Å². The van der Waals surface area contributed by atoms with Gasteiger partial charge in [-0.1, -0.05) is 13.8 Å². The third-order valence-electron chi connectivity index (χ3n) is 2.27. The van der Waals surface area contributed by atoms with E-state index < -0.39 is 17.8 Å². The monoisotopic (exact) mass is 241 g/mol.